The van der Waals surface area contributed by atoms with Gasteiger partial charge in [0.15, 0.2) is 0 Å². The third kappa shape index (κ3) is 2.81. The highest BCUT2D eigenvalue weighted by molar-refractivity contribution is 5.77. The van der Waals surface area contributed by atoms with Crippen LogP contribution in [0.1, 0.15) is 5.56 Å². The number of hydrogen-bond donors (Lipinski definition) is 0. The SMILES string of the molecule is Cn1c(-n2cc(-c3cnn(Cc4ccccc4)c3)cn2)nc2ccccc21. The molecule has 3 heterocycles. The summed E-state index contributed by atoms with van der Waals surface area (Å²) in [6, 6.07) is 18.4. The molecule has 0 aliphatic rings. The summed E-state index contributed by atoms with van der Waals surface area (Å²) in [6.07, 6.45) is 7.76. The van der Waals surface area contributed by atoms with E-state index in [-0.39, 0.29) is 0 Å². The van der Waals surface area contributed by atoms with Crippen LogP contribution in [0, 0.1) is 0 Å². The summed E-state index contributed by atoms with van der Waals surface area (Å²) in [5.41, 5.74) is 5.32. The second-order valence-corrected chi connectivity index (χ2v) is 6.55. The second-order valence-electron chi connectivity index (χ2n) is 6.55. The van der Waals surface area contributed by atoms with Gasteiger partial charge in [0.1, 0.15) is 0 Å². The van der Waals surface area contributed by atoms with Crippen LogP contribution in [0.3, 0.4) is 0 Å². The number of imidazole rings is 1. The van der Waals surface area contributed by atoms with Crippen LogP contribution in [-0.2, 0) is 13.6 Å². The lowest BCUT2D eigenvalue weighted by atomic mass is 10.2. The molecule has 0 saturated heterocycles. The van der Waals surface area contributed by atoms with E-state index in [1.165, 1.54) is 5.56 Å². The molecule has 0 amide bonds. The predicted molar refractivity (Wildman–Crippen MR) is 105 cm³/mol. The Balaban J connectivity index is 1.44. The van der Waals surface area contributed by atoms with Crippen molar-refractivity contribution in [1.82, 2.24) is 29.1 Å². The van der Waals surface area contributed by atoms with Crippen molar-refractivity contribution in [2.24, 2.45) is 7.05 Å². The second kappa shape index (κ2) is 6.25. The fourth-order valence-electron chi connectivity index (χ4n) is 3.29. The summed E-state index contributed by atoms with van der Waals surface area (Å²) in [4.78, 5) is 4.69. The van der Waals surface area contributed by atoms with Crippen molar-refractivity contribution in [3.8, 4) is 17.1 Å². The van der Waals surface area contributed by atoms with Gasteiger partial charge >= 0.3 is 0 Å². The van der Waals surface area contributed by atoms with Gasteiger partial charge in [0.2, 0.25) is 5.95 Å². The van der Waals surface area contributed by atoms with Crippen molar-refractivity contribution < 1.29 is 0 Å². The number of fused-ring (bicyclic) bond motifs is 1. The molecule has 3 aromatic heterocycles. The number of nitrogens with zero attached hydrogens (tertiary/aromatic N) is 6. The minimum atomic E-state index is 0.750. The maximum Gasteiger partial charge on any atom is 0.231 e. The van der Waals surface area contributed by atoms with Crippen LogP contribution in [0.25, 0.3) is 28.1 Å². The summed E-state index contributed by atoms with van der Waals surface area (Å²) in [5, 5.41) is 8.99. The Morgan fingerprint density at radius 2 is 1.56 bits per heavy atom. The fourth-order valence-corrected chi connectivity index (χ4v) is 3.29. The van der Waals surface area contributed by atoms with Crippen molar-refractivity contribution in [3.63, 3.8) is 0 Å². The van der Waals surface area contributed by atoms with E-state index < -0.39 is 0 Å². The molecule has 132 valence electrons. The van der Waals surface area contributed by atoms with Crippen LogP contribution in [0.2, 0.25) is 0 Å². The van der Waals surface area contributed by atoms with E-state index >= 15 is 0 Å². The molecule has 5 aromatic rings. The van der Waals surface area contributed by atoms with Crippen LogP contribution < -0.4 is 0 Å². The van der Waals surface area contributed by atoms with Gasteiger partial charge in [-0.25, -0.2) is 9.67 Å². The predicted octanol–water partition coefficient (Wildman–Crippen LogP) is 3.67. The van der Waals surface area contributed by atoms with Crippen molar-refractivity contribution in [2.45, 2.75) is 6.54 Å². The topological polar surface area (TPSA) is 53.5 Å². The lowest BCUT2D eigenvalue weighted by molar-refractivity contribution is 0.687. The maximum atomic E-state index is 4.69. The number of benzene rings is 2. The molecule has 6 heteroatoms. The summed E-state index contributed by atoms with van der Waals surface area (Å²) in [7, 11) is 2.00. The molecule has 27 heavy (non-hydrogen) atoms. The monoisotopic (exact) mass is 354 g/mol. The summed E-state index contributed by atoms with van der Waals surface area (Å²) >= 11 is 0. The zero-order chi connectivity index (χ0) is 18.2. The highest BCUT2D eigenvalue weighted by atomic mass is 15.4. The molecule has 0 radical (unpaired) electrons. The molecule has 0 bridgehead atoms. The van der Waals surface area contributed by atoms with Gasteiger partial charge < -0.3 is 4.57 Å². The Bertz CT molecular complexity index is 1210. The first kappa shape index (κ1) is 15.6. The largest absolute Gasteiger partial charge is 0.311 e. The Hall–Kier alpha value is -3.67. The number of hydrogen-bond acceptors (Lipinski definition) is 3. The van der Waals surface area contributed by atoms with Crippen LogP contribution in [0.15, 0.2) is 79.4 Å². The third-order valence-electron chi connectivity index (χ3n) is 4.71. The van der Waals surface area contributed by atoms with Crippen molar-refractivity contribution in [2.75, 3.05) is 0 Å². The highest BCUT2D eigenvalue weighted by Gasteiger charge is 2.12. The van der Waals surface area contributed by atoms with Gasteiger partial charge in [0.25, 0.3) is 0 Å². The average Bonchev–Trinajstić information content (AvgIpc) is 3.42. The van der Waals surface area contributed by atoms with Gasteiger partial charge in [0.05, 0.1) is 30.0 Å². The van der Waals surface area contributed by atoms with Gasteiger partial charge in [-0.05, 0) is 17.7 Å². The summed E-state index contributed by atoms with van der Waals surface area (Å²) in [5.74, 6) is 0.791. The zero-order valence-corrected chi connectivity index (χ0v) is 14.9. The van der Waals surface area contributed by atoms with Crippen molar-refractivity contribution in [3.05, 3.63) is 84.9 Å². The Morgan fingerprint density at radius 3 is 2.41 bits per heavy atom. The minimum absolute atomic E-state index is 0.750. The number of para-hydroxylation sites is 2. The number of rotatable bonds is 4. The molecular formula is C21H18N6. The van der Waals surface area contributed by atoms with E-state index in [2.05, 4.69) is 28.4 Å². The zero-order valence-electron chi connectivity index (χ0n) is 14.9. The Labute approximate surface area is 156 Å². The molecule has 0 N–H and O–H groups in total. The molecule has 0 fully saturated rings. The molecule has 0 aliphatic heterocycles. The molecule has 0 atom stereocenters. The molecule has 6 nitrogen and oxygen atoms in total. The number of aromatic nitrogens is 6. The molecule has 0 aliphatic carbocycles. The molecule has 0 unspecified atom stereocenters. The summed E-state index contributed by atoms with van der Waals surface area (Å²) < 4.78 is 5.80. The summed E-state index contributed by atoms with van der Waals surface area (Å²) in [6.45, 7) is 0.750. The van der Waals surface area contributed by atoms with Crippen LogP contribution >= 0.6 is 0 Å². The van der Waals surface area contributed by atoms with Gasteiger partial charge in [-0.15, -0.1) is 0 Å². The first-order valence-corrected chi connectivity index (χ1v) is 8.81. The van der Waals surface area contributed by atoms with E-state index in [1.807, 2.05) is 82.2 Å². The van der Waals surface area contributed by atoms with Gasteiger partial charge in [-0.2, -0.15) is 10.2 Å². The highest BCUT2D eigenvalue weighted by Crippen LogP contribution is 2.21. The molecule has 2 aromatic carbocycles. The quantitative estimate of drug-likeness (QED) is 0.495. The lowest BCUT2D eigenvalue weighted by Gasteiger charge is -2.01. The molecular weight excluding hydrogens is 336 g/mol. The van der Waals surface area contributed by atoms with E-state index in [4.69, 9.17) is 4.98 Å². The smallest absolute Gasteiger partial charge is 0.231 e. The Kier molecular flexibility index (Phi) is 3.60. The molecule has 0 spiro atoms. The van der Waals surface area contributed by atoms with E-state index in [0.29, 0.717) is 0 Å². The van der Waals surface area contributed by atoms with Crippen LogP contribution in [-0.4, -0.2) is 29.1 Å². The normalized spacial score (nSPS) is 11.3. The number of aryl methyl sites for hydroxylation is 1. The van der Waals surface area contributed by atoms with Gasteiger partial charge in [-0.3, -0.25) is 4.68 Å². The van der Waals surface area contributed by atoms with E-state index in [0.717, 1.165) is 34.7 Å². The first-order valence-electron chi connectivity index (χ1n) is 8.81. The van der Waals surface area contributed by atoms with Crippen LogP contribution in [0.4, 0.5) is 0 Å². The van der Waals surface area contributed by atoms with Crippen LogP contribution in [0.5, 0.6) is 0 Å². The van der Waals surface area contributed by atoms with Crippen molar-refractivity contribution >= 4 is 11.0 Å². The standard InChI is InChI=1S/C21H18N6/c1-25-20-10-6-5-9-19(20)24-21(25)27-15-18(12-23-27)17-11-22-26(14-17)13-16-7-3-2-4-8-16/h2-12,14-15H,13H2,1H3. The Morgan fingerprint density at radius 1 is 0.815 bits per heavy atom. The van der Waals surface area contributed by atoms with E-state index in [1.54, 1.807) is 0 Å². The van der Waals surface area contributed by atoms with E-state index in [9.17, 15) is 0 Å². The minimum Gasteiger partial charge on any atom is -0.311 e. The molecule has 5 rings (SSSR count). The average molecular weight is 354 g/mol. The fraction of sp³-hybridized carbons (Fsp3) is 0.0952. The maximum absolute atomic E-state index is 4.69. The molecule has 0 saturated carbocycles. The first-order chi connectivity index (χ1) is 13.3. The van der Waals surface area contributed by atoms with Crippen molar-refractivity contribution in [1.29, 1.82) is 0 Å². The lowest BCUT2D eigenvalue weighted by Crippen LogP contribution is -2.03. The van der Waals surface area contributed by atoms with Gasteiger partial charge in [-0.1, -0.05) is 42.5 Å². The third-order valence-corrected chi connectivity index (χ3v) is 4.71. The van der Waals surface area contributed by atoms with Gasteiger partial charge in [0, 0.05) is 30.6 Å².